The van der Waals surface area contributed by atoms with Gasteiger partial charge in [-0.05, 0) is 103 Å². The molecule has 1 saturated carbocycles. The summed E-state index contributed by atoms with van der Waals surface area (Å²) in [5.41, 5.74) is 4.24. The first kappa shape index (κ1) is 17.7. The monoisotopic (exact) mass is 354 g/mol. The van der Waals surface area contributed by atoms with Crippen molar-refractivity contribution < 1.29 is 8.78 Å². The Morgan fingerprint density at radius 1 is 0.846 bits per heavy atom. The summed E-state index contributed by atoms with van der Waals surface area (Å²) >= 11 is 0. The summed E-state index contributed by atoms with van der Waals surface area (Å²) in [7, 11) is 0. The molecule has 2 aliphatic rings. The molecule has 1 fully saturated rings. The molecule has 0 radical (unpaired) electrons. The van der Waals surface area contributed by atoms with E-state index >= 15 is 0 Å². The van der Waals surface area contributed by atoms with E-state index in [1.54, 1.807) is 12.1 Å². The number of rotatable bonds is 3. The maximum atomic E-state index is 14.9. The molecule has 2 heteroatoms. The summed E-state index contributed by atoms with van der Waals surface area (Å²) in [5.74, 6) is 1.28. The van der Waals surface area contributed by atoms with E-state index in [2.05, 4.69) is 13.0 Å². The van der Waals surface area contributed by atoms with E-state index in [4.69, 9.17) is 0 Å². The molecule has 0 bridgehead atoms. The Hall–Kier alpha value is -1.70. The van der Waals surface area contributed by atoms with E-state index in [9.17, 15) is 8.78 Å². The van der Waals surface area contributed by atoms with Crippen molar-refractivity contribution in [2.24, 2.45) is 5.92 Å². The van der Waals surface area contributed by atoms with Crippen molar-refractivity contribution in [2.45, 2.75) is 70.1 Å². The van der Waals surface area contributed by atoms with Gasteiger partial charge in [-0.15, -0.1) is 0 Å². The molecule has 138 valence electrons. The molecule has 2 aromatic carbocycles. The Balaban J connectivity index is 1.50. The number of halogens is 2. The van der Waals surface area contributed by atoms with Crippen LogP contribution < -0.4 is 0 Å². The van der Waals surface area contributed by atoms with Gasteiger partial charge in [-0.25, -0.2) is 8.78 Å². The van der Waals surface area contributed by atoms with Crippen molar-refractivity contribution in [3.05, 3.63) is 70.3 Å². The molecule has 2 aromatic rings. The lowest BCUT2D eigenvalue weighted by atomic mass is 9.76. The first-order valence-electron chi connectivity index (χ1n) is 10.2. The van der Waals surface area contributed by atoms with Crippen molar-refractivity contribution in [3.63, 3.8) is 0 Å². The number of hydrogen-bond acceptors (Lipinski definition) is 0. The fraction of sp³-hybridized carbons (Fsp3) is 0.500. The van der Waals surface area contributed by atoms with E-state index in [1.165, 1.54) is 49.3 Å². The average molecular weight is 354 g/mol. The van der Waals surface area contributed by atoms with Gasteiger partial charge in [-0.3, -0.25) is 0 Å². The van der Waals surface area contributed by atoms with Crippen LogP contribution in [0.1, 0.15) is 79.5 Å². The van der Waals surface area contributed by atoms with E-state index < -0.39 is 0 Å². The van der Waals surface area contributed by atoms with Gasteiger partial charge in [0.2, 0.25) is 0 Å². The van der Waals surface area contributed by atoms with Gasteiger partial charge >= 0.3 is 0 Å². The third-order valence-electron chi connectivity index (χ3n) is 6.76. The normalized spacial score (nSPS) is 25.7. The minimum atomic E-state index is -0.192. The fourth-order valence-corrected chi connectivity index (χ4v) is 5.02. The van der Waals surface area contributed by atoms with Crippen LogP contribution in [0.2, 0.25) is 0 Å². The molecule has 0 N–H and O–H groups in total. The Labute approximate surface area is 155 Å². The van der Waals surface area contributed by atoms with Crippen molar-refractivity contribution in [2.75, 3.05) is 0 Å². The lowest BCUT2D eigenvalue weighted by Gasteiger charge is -2.29. The van der Waals surface area contributed by atoms with Crippen molar-refractivity contribution in [1.82, 2.24) is 0 Å². The molecular weight excluding hydrogens is 326 g/mol. The van der Waals surface area contributed by atoms with Crippen LogP contribution in [0.25, 0.3) is 0 Å². The van der Waals surface area contributed by atoms with Crippen LogP contribution in [-0.4, -0.2) is 0 Å². The second-order valence-corrected chi connectivity index (χ2v) is 8.26. The molecule has 0 nitrogen and oxygen atoms in total. The number of fused-ring (bicyclic) bond motifs is 1. The highest BCUT2D eigenvalue weighted by Crippen LogP contribution is 2.39. The Morgan fingerprint density at radius 2 is 1.65 bits per heavy atom. The Kier molecular flexibility index (Phi) is 5.11. The molecule has 0 amide bonds. The zero-order chi connectivity index (χ0) is 18.1. The zero-order valence-electron chi connectivity index (χ0n) is 15.6. The number of benzene rings is 2. The first-order valence-corrected chi connectivity index (χ1v) is 10.2. The smallest absolute Gasteiger partial charge is 0.126 e. The fourth-order valence-electron chi connectivity index (χ4n) is 5.02. The van der Waals surface area contributed by atoms with Gasteiger partial charge in [-0.2, -0.15) is 0 Å². The van der Waals surface area contributed by atoms with Crippen LogP contribution in [0.15, 0.2) is 36.4 Å². The van der Waals surface area contributed by atoms with Crippen molar-refractivity contribution in [1.29, 1.82) is 0 Å². The molecular formula is C24H28F2. The molecule has 0 aliphatic heterocycles. The van der Waals surface area contributed by atoms with Crippen LogP contribution in [0.5, 0.6) is 0 Å². The van der Waals surface area contributed by atoms with E-state index in [0.29, 0.717) is 5.92 Å². The second kappa shape index (κ2) is 7.50. The summed E-state index contributed by atoms with van der Waals surface area (Å²) in [6, 6.07) is 11.0. The zero-order valence-corrected chi connectivity index (χ0v) is 15.6. The molecule has 0 aromatic heterocycles. The van der Waals surface area contributed by atoms with Crippen LogP contribution in [0.4, 0.5) is 8.78 Å². The molecule has 4 rings (SSSR count). The highest BCUT2D eigenvalue weighted by molar-refractivity contribution is 5.36. The van der Waals surface area contributed by atoms with E-state index in [1.807, 2.05) is 12.1 Å². The molecule has 1 unspecified atom stereocenters. The second-order valence-electron chi connectivity index (χ2n) is 8.26. The maximum Gasteiger partial charge on any atom is 0.126 e. The average Bonchev–Trinajstić information content (AvgIpc) is 2.67. The molecule has 26 heavy (non-hydrogen) atoms. The van der Waals surface area contributed by atoms with Gasteiger partial charge in [0.05, 0.1) is 0 Å². The maximum absolute atomic E-state index is 14.9. The Morgan fingerprint density at radius 3 is 2.38 bits per heavy atom. The van der Waals surface area contributed by atoms with E-state index in [0.717, 1.165) is 36.3 Å². The highest BCUT2D eigenvalue weighted by atomic mass is 19.1. The largest absolute Gasteiger partial charge is 0.207 e. The molecule has 0 saturated heterocycles. The van der Waals surface area contributed by atoms with Crippen molar-refractivity contribution >= 4 is 0 Å². The van der Waals surface area contributed by atoms with Crippen LogP contribution in [0, 0.1) is 17.6 Å². The minimum absolute atomic E-state index is 0.0648. The summed E-state index contributed by atoms with van der Waals surface area (Å²) in [6.45, 7) is 2.27. The van der Waals surface area contributed by atoms with Gasteiger partial charge in [0.1, 0.15) is 11.6 Å². The summed E-state index contributed by atoms with van der Waals surface area (Å²) in [6.07, 6.45) is 8.78. The van der Waals surface area contributed by atoms with Gasteiger partial charge in [-0.1, -0.05) is 31.5 Å². The summed E-state index contributed by atoms with van der Waals surface area (Å²) < 4.78 is 28.5. The standard InChI is InChI=1S/C24H28F2/c1-2-16-3-5-17(6-4-16)19-10-12-23(24(26)15-19)20-8-7-18-9-11-22(25)14-21(18)13-20/h9-12,14-17,20H,2-8,13H2,1H3. The van der Waals surface area contributed by atoms with Gasteiger partial charge in [0.15, 0.2) is 0 Å². The van der Waals surface area contributed by atoms with Crippen LogP contribution in [0.3, 0.4) is 0 Å². The topological polar surface area (TPSA) is 0 Å². The highest BCUT2D eigenvalue weighted by Gasteiger charge is 2.25. The van der Waals surface area contributed by atoms with E-state index in [-0.39, 0.29) is 17.6 Å². The quantitative estimate of drug-likeness (QED) is 0.561. The van der Waals surface area contributed by atoms with Crippen molar-refractivity contribution in [3.8, 4) is 0 Å². The minimum Gasteiger partial charge on any atom is -0.207 e. The molecule has 2 aliphatic carbocycles. The summed E-state index contributed by atoms with van der Waals surface area (Å²) in [4.78, 5) is 0. The van der Waals surface area contributed by atoms with Gasteiger partial charge in [0.25, 0.3) is 0 Å². The number of aryl methyl sites for hydroxylation is 1. The predicted octanol–water partition coefficient (Wildman–Crippen LogP) is 6.92. The first-order chi connectivity index (χ1) is 12.6. The molecule has 0 spiro atoms. The Bertz CT molecular complexity index is 772. The molecule has 1 atom stereocenters. The third-order valence-corrected chi connectivity index (χ3v) is 6.76. The lowest BCUT2D eigenvalue weighted by Crippen LogP contribution is -2.15. The number of hydrogen-bond donors (Lipinski definition) is 0. The van der Waals surface area contributed by atoms with Crippen LogP contribution >= 0.6 is 0 Å². The molecule has 0 heterocycles. The predicted molar refractivity (Wildman–Crippen MR) is 103 cm³/mol. The SMILES string of the molecule is CCC1CCC(c2ccc(C3CCc4ccc(F)cc4C3)c(F)c2)CC1. The third kappa shape index (κ3) is 3.56. The van der Waals surface area contributed by atoms with Gasteiger partial charge < -0.3 is 0 Å². The van der Waals surface area contributed by atoms with Crippen LogP contribution in [-0.2, 0) is 12.8 Å². The summed E-state index contributed by atoms with van der Waals surface area (Å²) in [5, 5.41) is 0. The van der Waals surface area contributed by atoms with Gasteiger partial charge in [0, 0.05) is 0 Å². The lowest BCUT2D eigenvalue weighted by molar-refractivity contribution is 0.318.